The number of carbonyl (C=O) groups excluding carboxylic acids is 8. The lowest BCUT2D eigenvalue weighted by Gasteiger charge is -2.32. The lowest BCUT2D eigenvalue weighted by Crippen LogP contribution is -2.57. The predicted molar refractivity (Wildman–Crippen MR) is 189 cm³/mol. The summed E-state index contributed by atoms with van der Waals surface area (Å²) in [4.78, 5) is 121. The molecule has 0 spiro atoms. The molecule has 0 aromatic rings. The molecule has 0 saturated carbocycles. The standard InChI is InChI=1S/C32H54N8O16/c1-13(27(48)37-15(3)31(52)53)36-30(51)19(8-6-7-18(33)26(34)47)39-23(45)10-9-20(32(54)55)40-28(49)14(2)35-29(50)16(4)56-25(24(46)22(44)12-42)21(11-41)38-17(5)43/h11,13-16,18-22,24-25,42,44,46H,6-10,12,33H2,1-5H3,(H2,34,47)(H,35,50)(H,36,51)(H,37,48)(H,38,43)(H,39,45)(H,40,49)(H,52,53)(H,54,55). The van der Waals surface area contributed by atoms with Crippen LogP contribution in [0.1, 0.15) is 66.7 Å². The molecule has 0 aromatic heterocycles. The normalized spacial score (nSPS) is 16.9. The molecule has 24 nitrogen and oxygen atoms in total. The van der Waals surface area contributed by atoms with Crippen LogP contribution >= 0.6 is 0 Å². The van der Waals surface area contributed by atoms with Crippen LogP contribution in [0.4, 0.5) is 0 Å². The number of aldehydes is 1. The van der Waals surface area contributed by atoms with E-state index in [-0.39, 0.29) is 25.5 Å². The summed E-state index contributed by atoms with van der Waals surface area (Å²) in [5.41, 5.74) is 10.8. The molecule has 0 fully saturated rings. The van der Waals surface area contributed by atoms with Crippen LogP contribution in [0.2, 0.25) is 0 Å². The highest BCUT2D eigenvalue weighted by Crippen LogP contribution is 2.13. The lowest BCUT2D eigenvalue weighted by atomic mass is 10.0. The number of amides is 7. The molecule has 0 aliphatic rings. The van der Waals surface area contributed by atoms with E-state index < -0.39 is 139 Å². The topological polar surface area (TPSA) is 405 Å². The van der Waals surface area contributed by atoms with Crippen LogP contribution in [0.3, 0.4) is 0 Å². The molecular weight excluding hydrogens is 752 g/mol. The van der Waals surface area contributed by atoms with Crippen molar-refractivity contribution in [2.24, 2.45) is 11.5 Å². The molecule has 15 N–H and O–H groups in total. The van der Waals surface area contributed by atoms with Crippen molar-refractivity contribution in [3.63, 3.8) is 0 Å². The Morgan fingerprint density at radius 3 is 1.71 bits per heavy atom. The van der Waals surface area contributed by atoms with Gasteiger partial charge in [-0.05, 0) is 53.4 Å². The van der Waals surface area contributed by atoms with Gasteiger partial charge >= 0.3 is 11.9 Å². The van der Waals surface area contributed by atoms with Crippen molar-refractivity contribution < 1.29 is 78.2 Å². The second-order valence-corrected chi connectivity index (χ2v) is 12.9. The number of nitrogens with one attached hydrogen (secondary N) is 6. The van der Waals surface area contributed by atoms with Crippen LogP contribution in [0.25, 0.3) is 0 Å². The first-order valence-corrected chi connectivity index (χ1v) is 17.3. The van der Waals surface area contributed by atoms with E-state index in [0.29, 0.717) is 0 Å². The van der Waals surface area contributed by atoms with Crippen LogP contribution in [0, 0.1) is 0 Å². The Morgan fingerprint density at radius 2 is 1.23 bits per heavy atom. The Bertz CT molecular complexity index is 1420. The second kappa shape index (κ2) is 25.0. The van der Waals surface area contributed by atoms with Gasteiger partial charge in [0.1, 0.15) is 67.0 Å². The molecule has 0 heterocycles. The first kappa shape index (κ1) is 50.7. The highest BCUT2D eigenvalue weighted by Gasteiger charge is 2.37. The summed E-state index contributed by atoms with van der Waals surface area (Å²) < 4.78 is 5.42. The summed E-state index contributed by atoms with van der Waals surface area (Å²) in [5, 5.41) is 61.6. The molecule has 11 atom stereocenters. The molecule has 0 aromatic carbocycles. The van der Waals surface area contributed by atoms with E-state index in [1.807, 2.05) is 0 Å². The summed E-state index contributed by atoms with van der Waals surface area (Å²) in [5.74, 6) is -9.13. The van der Waals surface area contributed by atoms with Gasteiger partial charge in [0.2, 0.25) is 41.4 Å². The van der Waals surface area contributed by atoms with E-state index in [9.17, 15) is 68.4 Å². The molecule has 7 amide bonds. The Morgan fingerprint density at radius 1 is 0.696 bits per heavy atom. The zero-order valence-electron chi connectivity index (χ0n) is 31.6. The van der Waals surface area contributed by atoms with Crippen molar-refractivity contribution >= 4 is 59.6 Å². The third kappa shape index (κ3) is 18.4. The van der Waals surface area contributed by atoms with Crippen LogP contribution in [-0.2, 0) is 52.7 Å². The molecule has 0 bridgehead atoms. The molecule has 11 unspecified atom stereocenters. The van der Waals surface area contributed by atoms with Gasteiger partial charge in [0.15, 0.2) is 0 Å². The summed E-state index contributed by atoms with van der Waals surface area (Å²) in [6, 6.07) is -9.68. The number of hydrogen-bond acceptors (Lipinski definition) is 15. The highest BCUT2D eigenvalue weighted by molar-refractivity contribution is 5.94. The average molecular weight is 807 g/mol. The van der Waals surface area contributed by atoms with Gasteiger partial charge in [0.25, 0.3) is 0 Å². The van der Waals surface area contributed by atoms with E-state index in [1.165, 1.54) is 13.8 Å². The number of aliphatic hydroxyl groups is 3. The van der Waals surface area contributed by atoms with E-state index >= 15 is 0 Å². The van der Waals surface area contributed by atoms with Gasteiger partial charge in [-0.15, -0.1) is 0 Å². The number of rotatable bonds is 27. The fraction of sp³-hybridized carbons (Fsp3) is 0.688. The van der Waals surface area contributed by atoms with Crippen LogP contribution in [-0.4, -0.2) is 158 Å². The minimum atomic E-state index is -1.97. The molecular formula is C32H54N8O16. The van der Waals surface area contributed by atoms with Crippen LogP contribution < -0.4 is 43.4 Å². The number of primary amides is 1. The average Bonchev–Trinajstić information content (AvgIpc) is 3.12. The van der Waals surface area contributed by atoms with E-state index in [1.54, 1.807) is 0 Å². The molecule has 56 heavy (non-hydrogen) atoms. The quantitative estimate of drug-likeness (QED) is 0.0343. The largest absolute Gasteiger partial charge is 0.480 e. The summed E-state index contributed by atoms with van der Waals surface area (Å²) in [6.45, 7) is 4.81. The monoisotopic (exact) mass is 806 g/mol. The summed E-state index contributed by atoms with van der Waals surface area (Å²) >= 11 is 0. The van der Waals surface area contributed by atoms with Crippen LogP contribution in [0.15, 0.2) is 0 Å². The maximum absolute atomic E-state index is 13.0. The van der Waals surface area contributed by atoms with Gasteiger partial charge in [0.05, 0.1) is 12.6 Å². The van der Waals surface area contributed by atoms with Crippen molar-refractivity contribution in [2.45, 2.75) is 133 Å². The molecule has 318 valence electrons. The van der Waals surface area contributed by atoms with Gasteiger partial charge in [-0.25, -0.2) is 4.79 Å². The van der Waals surface area contributed by atoms with Gasteiger partial charge in [-0.1, -0.05) is 0 Å². The number of carbonyl (C=O) groups is 10. The number of carboxylic acid groups (broad SMARTS) is 2. The SMILES string of the molecule is CC(=O)NC(C=O)C(OC(C)C(=O)NC(C)C(=O)NC(CCC(=O)NC(CCCC(N)C(N)=O)C(=O)NC(C)C(=O)NC(C)C(=O)O)C(=O)O)C(O)C(O)CO. The first-order chi connectivity index (χ1) is 26.0. The maximum Gasteiger partial charge on any atom is 0.326 e. The maximum atomic E-state index is 13.0. The highest BCUT2D eigenvalue weighted by atomic mass is 16.5. The molecule has 0 saturated heterocycles. The number of hydrogen-bond donors (Lipinski definition) is 13. The Hall–Kier alpha value is -5.30. The van der Waals surface area contributed by atoms with Crippen LogP contribution in [0.5, 0.6) is 0 Å². The third-order valence-electron chi connectivity index (χ3n) is 8.05. The van der Waals surface area contributed by atoms with Gasteiger partial charge < -0.3 is 78.4 Å². The van der Waals surface area contributed by atoms with E-state index in [4.69, 9.17) is 21.3 Å². The van der Waals surface area contributed by atoms with Crippen molar-refractivity contribution in [2.75, 3.05) is 6.61 Å². The molecule has 0 aliphatic heterocycles. The number of aliphatic hydroxyl groups excluding tert-OH is 3. The minimum absolute atomic E-state index is 0.0135. The zero-order valence-corrected chi connectivity index (χ0v) is 31.6. The smallest absolute Gasteiger partial charge is 0.326 e. The fourth-order valence-corrected chi connectivity index (χ4v) is 4.66. The zero-order chi connectivity index (χ0) is 43.4. The number of aliphatic carboxylic acids is 2. The Balaban J connectivity index is 5.63. The lowest BCUT2D eigenvalue weighted by molar-refractivity contribution is -0.158. The number of nitrogens with two attached hydrogens (primary N) is 2. The molecule has 0 rings (SSSR count). The van der Waals surface area contributed by atoms with Gasteiger partial charge in [-0.2, -0.15) is 0 Å². The minimum Gasteiger partial charge on any atom is -0.480 e. The van der Waals surface area contributed by atoms with Crippen molar-refractivity contribution in [1.82, 2.24) is 31.9 Å². The first-order valence-electron chi connectivity index (χ1n) is 17.3. The fourth-order valence-electron chi connectivity index (χ4n) is 4.66. The second-order valence-electron chi connectivity index (χ2n) is 12.9. The number of carboxylic acids is 2. The Kier molecular flexibility index (Phi) is 22.6. The van der Waals surface area contributed by atoms with Crippen molar-refractivity contribution in [3.8, 4) is 0 Å². The summed E-state index contributed by atoms with van der Waals surface area (Å²) in [7, 11) is 0. The number of ether oxygens (including phenoxy) is 1. The molecule has 0 aliphatic carbocycles. The summed E-state index contributed by atoms with van der Waals surface area (Å²) in [6.07, 6.45) is -8.09. The van der Waals surface area contributed by atoms with E-state index in [0.717, 1.165) is 20.8 Å². The van der Waals surface area contributed by atoms with Crippen molar-refractivity contribution in [3.05, 3.63) is 0 Å². The van der Waals surface area contributed by atoms with Gasteiger partial charge in [-0.3, -0.25) is 38.4 Å². The third-order valence-corrected chi connectivity index (χ3v) is 8.05. The Labute approximate surface area is 321 Å². The van der Waals surface area contributed by atoms with Gasteiger partial charge in [0, 0.05) is 13.3 Å². The van der Waals surface area contributed by atoms with E-state index in [2.05, 4.69) is 31.9 Å². The molecule has 24 heteroatoms. The predicted octanol–water partition coefficient (Wildman–Crippen LogP) is -6.41. The van der Waals surface area contributed by atoms with Crippen molar-refractivity contribution in [1.29, 1.82) is 0 Å². The molecule has 0 radical (unpaired) electrons.